The minimum atomic E-state index is -0.387. The molecule has 1 aromatic heterocycles. The van der Waals surface area contributed by atoms with Crippen molar-refractivity contribution in [3.63, 3.8) is 0 Å². The van der Waals surface area contributed by atoms with Crippen LogP contribution in [0.5, 0.6) is 0 Å². The highest BCUT2D eigenvalue weighted by molar-refractivity contribution is 5.88. The molecular weight excluding hydrogens is 258 g/mol. The van der Waals surface area contributed by atoms with Crippen molar-refractivity contribution in [3.05, 3.63) is 30.6 Å². The third-order valence-corrected chi connectivity index (χ3v) is 3.97. The predicted molar refractivity (Wildman–Crippen MR) is 69.7 cm³/mol. The Kier molecular flexibility index (Phi) is 2.33. The van der Waals surface area contributed by atoms with Gasteiger partial charge in [-0.15, -0.1) is 0 Å². The van der Waals surface area contributed by atoms with E-state index in [1.165, 1.54) is 0 Å². The number of carbonyl (C=O) groups is 2. The molecule has 2 bridgehead atoms. The molecule has 0 aliphatic carbocycles. The number of esters is 1. The van der Waals surface area contributed by atoms with Crippen LogP contribution in [0.25, 0.3) is 11.0 Å². The minimum absolute atomic E-state index is 0.0581. The van der Waals surface area contributed by atoms with Gasteiger partial charge in [-0.25, -0.2) is 9.78 Å². The highest BCUT2D eigenvalue weighted by Gasteiger charge is 2.48. The number of hydrogen-bond donors (Lipinski definition) is 0. The van der Waals surface area contributed by atoms with Crippen molar-refractivity contribution in [1.82, 2.24) is 14.5 Å². The summed E-state index contributed by atoms with van der Waals surface area (Å²) in [5, 5.41) is 0. The second-order valence-electron chi connectivity index (χ2n) is 5.22. The van der Waals surface area contributed by atoms with Crippen LogP contribution in [-0.2, 0) is 20.9 Å². The molecule has 0 spiro atoms. The molecule has 1 aromatic carbocycles. The first-order chi connectivity index (χ1) is 9.72. The molecule has 2 aliphatic heterocycles. The molecule has 20 heavy (non-hydrogen) atoms. The number of hydrogen-bond acceptors (Lipinski definition) is 4. The highest BCUT2D eigenvalue weighted by Crippen LogP contribution is 2.29. The summed E-state index contributed by atoms with van der Waals surface area (Å²) in [6, 6.07) is 7.28. The smallest absolute Gasteiger partial charge is 0.329 e. The maximum absolute atomic E-state index is 12.4. The fourth-order valence-electron chi connectivity index (χ4n) is 3.00. The number of morpholine rings is 1. The molecule has 2 fully saturated rings. The number of imidazole rings is 1. The Labute approximate surface area is 114 Å². The standard InChI is InChI=1S/C14H13N3O3/c18-13(17-6-9-5-12(17)14(19)20-9)7-16-8-15-10-3-1-2-4-11(10)16/h1-4,8-9,12H,5-7H2/t9-,12+/m1/s1. The third kappa shape index (κ3) is 1.61. The summed E-state index contributed by atoms with van der Waals surface area (Å²) in [7, 11) is 0. The second-order valence-corrected chi connectivity index (χ2v) is 5.22. The maximum Gasteiger partial charge on any atom is 0.329 e. The van der Waals surface area contributed by atoms with Crippen LogP contribution in [0.15, 0.2) is 30.6 Å². The fourth-order valence-corrected chi connectivity index (χ4v) is 3.00. The predicted octanol–water partition coefficient (Wildman–Crippen LogP) is 0.563. The molecular formula is C14H13N3O3. The first-order valence-electron chi connectivity index (χ1n) is 6.62. The Morgan fingerprint density at radius 2 is 2.25 bits per heavy atom. The van der Waals surface area contributed by atoms with E-state index in [0.29, 0.717) is 13.0 Å². The van der Waals surface area contributed by atoms with Crippen LogP contribution in [-0.4, -0.2) is 45.0 Å². The number of benzene rings is 1. The zero-order valence-corrected chi connectivity index (χ0v) is 10.7. The summed E-state index contributed by atoms with van der Waals surface area (Å²) < 4.78 is 6.91. The third-order valence-electron chi connectivity index (χ3n) is 3.97. The SMILES string of the molecule is O=C1O[C@@H]2C[C@@H]1N(C(=O)Cn1cnc3ccccc31)C2. The van der Waals surface area contributed by atoms with E-state index in [9.17, 15) is 9.59 Å². The topological polar surface area (TPSA) is 64.4 Å². The van der Waals surface area contributed by atoms with Crippen molar-refractivity contribution in [2.24, 2.45) is 0 Å². The molecule has 0 unspecified atom stereocenters. The first kappa shape index (κ1) is 11.5. The quantitative estimate of drug-likeness (QED) is 0.749. The molecule has 3 heterocycles. The highest BCUT2D eigenvalue weighted by atomic mass is 16.6. The lowest BCUT2D eigenvalue weighted by molar-refractivity contribution is -0.157. The molecule has 2 aromatic rings. The van der Waals surface area contributed by atoms with Crippen molar-refractivity contribution >= 4 is 22.9 Å². The summed E-state index contributed by atoms with van der Waals surface area (Å²) in [5.41, 5.74) is 1.79. The van der Waals surface area contributed by atoms with E-state index in [1.54, 1.807) is 11.2 Å². The number of likely N-dealkylation sites (tertiary alicyclic amines) is 1. The number of amides is 1. The fraction of sp³-hybridized carbons (Fsp3) is 0.357. The van der Waals surface area contributed by atoms with E-state index in [0.717, 1.165) is 11.0 Å². The van der Waals surface area contributed by atoms with Crippen molar-refractivity contribution in [1.29, 1.82) is 0 Å². The number of nitrogens with zero attached hydrogens (tertiary/aromatic N) is 3. The van der Waals surface area contributed by atoms with E-state index >= 15 is 0 Å². The van der Waals surface area contributed by atoms with Crippen LogP contribution >= 0.6 is 0 Å². The molecule has 102 valence electrons. The number of carbonyl (C=O) groups excluding carboxylic acids is 2. The Balaban J connectivity index is 1.57. The van der Waals surface area contributed by atoms with Gasteiger partial charge in [0.1, 0.15) is 18.7 Å². The Morgan fingerprint density at radius 1 is 1.40 bits per heavy atom. The molecule has 4 rings (SSSR count). The summed E-state index contributed by atoms with van der Waals surface area (Å²) in [5.74, 6) is -0.331. The van der Waals surface area contributed by atoms with Gasteiger partial charge in [0.25, 0.3) is 0 Å². The van der Waals surface area contributed by atoms with Gasteiger partial charge in [0.2, 0.25) is 5.91 Å². The summed E-state index contributed by atoms with van der Waals surface area (Å²) in [6.07, 6.45) is 2.18. The van der Waals surface area contributed by atoms with Crippen LogP contribution in [0.4, 0.5) is 0 Å². The van der Waals surface area contributed by atoms with Gasteiger partial charge in [0.05, 0.1) is 23.9 Å². The summed E-state index contributed by atoms with van der Waals surface area (Å²) in [4.78, 5) is 29.8. The van der Waals surface area contributed by atoms with Crippen molar-refractivity contribution in [2.75, 3.05) is 6.54 Å². The van der Waals surface area contributed by atoms with Gasteiger partial charge < -0.3 is 14.2 Å². The second kappa shape index (κ2) is 4.06. The molecule has 2 saturated heterocycles. The number of ether oxygens (including phenoxy) is 1. The van der Waals surface area contributed by atoms with E-state index in [1.807, 2.05) is 28.8 Å². The van der Waals surface area contributed by atoms with E-state index in [2.05, 4.69) is 4.98 Å². The molecule has 2 aliphatic rings. The Hall–Kier alpha value is -2.37. The lowest BCUT2D eigenvalue weighted by Gasteiger charge is -2.25. The molecule has 0 saturated carbocycles. The van der Waals surface area contributed by atoms with E-state index in [-0.39, 0.29) is 30.6 Å². The zero-order valence-electron chi connectivity index (χ0n) is 10.7. The lowest BCUT2D eigenvalue weighted by atomic mass is 10.2. The average molecular weight is 271 g/mol. The van der Waals surface area contributed by atoms with Gasteiger partial charge in [-0.1, -0.05) is 12.1 Å². The minimum Gasteiger partial charge on any atom is -0.459 e. The van der Waals surface area contributed by atoms with Crippen molar-refractivity contribution in [3.8, 4) is 0 Å². The van der Waals surface area contributed by atoms with Gasteiger partial charge in [-0.05, 0) is 12.1 Å². The maximum atomic E-state index is 12.4. The van der Waals surface area contributed by atoms with E-state index < -0.39 is 0 Å². The van der Waals surface area contributed by atoms with Gasteiger partial charge >= 0.3 is 5.97 Å². The Bertz CT molecular complexity index is 709. The molecule has 0 N–H and O–H groups in total. The van der Waals surface area contributed by atoms with Crippen LogP contribution < -0.4 is 0 Å². The Morgan fingerprint density at radius 3 is 3.05 bits per heavy atom. The molecule has 0 radical (unpaired) electrons. The van der Waals surface area contributed by atoms with Gasteiger partial charge in [-0.3, -0.25) is 4.79 Å². The van der Waals surface area contributed by atoms with Gasteiger partial charge in [0.15, 0.2) is 0 Å². The van der Waals surface area contributed by atoms with Crippen LogP contribution in [0.3, 0.4) is 0 Å². The van der Waals surface area contributed by atoms with Gasteiger partial charge in [-0.2, -0.15) is 0 Å². The number of fused-ring (bicyclic) bond motifs is 3. The average Bonchev–Trinajstić information content (AvgIpc) is 3.12. The summed E-state index contributed by atoms with van der Waals surface area (Å²) >= 11 is 0. The van der Waals surface area contributed by atoms with Crippen LogP contribution in [0.1, 0.15) is 6.42 Å². The monoisotopic (exact) mass is 271 g/mol. The zero-order chi connectivity index (χ0) is 13.7. The first-order valence-corrected chi connectivity index (χ1v) is 6.62. The molecule has 1 amide bonds. The van der Waals surface area contributed by atoms with Crippen molar-refractivity contribution in [2.45, 2.75) is 25.1 Å². The number of para-hydroxylation sites is 2. The summed E-state index contributed by atoms with van der Waals surface area (Å²) in [6.45, 7) is 0.721. The number of aromatic nitrogens is 2. The van der Waals surface area contributed by atoms with Crippen LogP contribution in [0, 0.1) is 0 Å². The molecule has 6 nitrogen and oxygen atoms in total. The lowest BCUT2D eigenvalue weighted by Crippen LogP contribution is -2.45. The molecule has 2 atom stereocenters. The van der Waals surface area contributed by atoms with Gasteiger partial charge in [0, 0.05) is 6.42 Å². The van der Waals surface area contributed by atoms with Crippen LogP contribution in [0.2, 0.25) is 0 Å². The van der Waals surface area contributed by atoms with E-state index in [4.69, 9.17) is 4.74 Å². The van der Waals surface area contributed by atoms with Crippen molar-refractivity contribution < 1.29 is 14.3 Å². The largest absolute Gasteiger partial charge is 0.459 e. The normalized spacial score (nSPS) is 24.4. The number of rotatable bonds is 2. The molecule has 6 heteroatoms.